The fourth-order valence-electron chi connectivity index (χ4n) is 3.08. The summed E-state index contributed by atoms with van der Waals surface area (Å²) in [5, 5.41) is 10.8. The van der Waals surface area contributed by atoms with Gasteiger partial charge in [-0.3, -0.25) is 14.8 Å². The second-order valence-electron chi connectivity index (χ2n) is 6.94. The van der Waals surface area contributed by atoms with Crippen LogP contribution in [0.3, 0.4) is 0 Å². The molecule has 0 atom stereocenters. The minimum Gasteiger partial charge on any atom is -0.368 e. The van der Waals surface area contributed by atoms with E-state index in [1.165, 1.54) is 12.1 Å². The van der Waals surface area contributed by atoms with Crippen LogP contribution in [0, 0.1) is 10.1 Å². The molecule has 4 rings (SSSR count). The molecular formula is C22H16BrN5O4S. The van der Waals surface area contributed by atoms with Crippen molar-refractivity contribution < 1.29 is 13.3 Å². The standard InChI is InChI=1S/C22H16BrN5O4S/c23-16-3-1-2-15(12-16)21-13-20(25-22(24)26-21)14-4-6-17(7-5-14)27-33(31,32)19-10-8-18(9-11-19)28(29)30/h1-13,27H,(H2,24,25,26). The molecule has 9 nitrogen and oxygen atoms in total. The summed E-state index contributed by atoms with van der Waals surface area (Å²) in [6.45, 7) is 0. The van der Waals surface area contributed by atoms with Crippen LogP contribution in [0.4, 0.5) is 17.3 Å². The Morgan fingerprint density at radius 2 is 1.52 bits per heavy atom. The number of nitrogen functional groups attached to an aromatic ring is 1. The van der Waals surface area contributed by atoms with Crippen LogP contribution >= 0.6 is 15.9 Å². The van der Waals surface area contributed by atoms with Crippen molar-refractivity contribution in [1.82, 2.24) is 9.97 Å². The van der Waals surface area contributed by atoms with Gasteiger partial charge in [-0.1, -0.05) is 40.2 Å². The Labute approximate surface area is 197 Å². The van der Waals surface area contributed by atoms with Crippen molar-refractivity contribution in [2.75, 3.05) is 10.5 Å². The summed E-state index contributed by atoms with van der Waals surface area (Å²) in [5.74, 6) is 0.116. The molecular weight excluding hydrogens is 510 g/mol. The van der Waals surface area contributed by atoms with Crippen LogP contribution in [-0.4, -0.2) is 23.3 Å². The second-order valence-corrected chi connectivity index (χ2v) is 9.54. The maximum Gasteiger partial charge on any atom is 0.269 e. The van der Waals surface area contributed by atoms with Crippen LogP contribution in [0.25, 0.3) is 22.5 Å². The van der Waals surface area contributed by atoms with Gasteiger partial charge in [-0.2, -0.15) is 0 Å². The number of nitrogens with two attached hydrogens (primary N) is 1. The fourth-order valence-corrected chi connectivity index (χ4v) is 4.54. The van der Waals surface area contributed by atoms with Crippen molar-refractivity contribution in [2.45, 2.75) is 4.90 Å². The van der Waals surface area contributed by atoms with E-state index in [2.05, 4.69) is 30.6 Å². The van der Waals surface area contributed by atoms with Gasteiger partial charge in [-0.25, -0.2) is 18.4 Å². The molecule has 3 N–H and O–H groups in total. The topological polar surface area (TPSA) is 141 Å². The van der Waals surface area contributed by atoms with E-state index in [4.69, 9.17) is 5.73 Å². The number of nitro benzene ring substituents is 1. The molecule has 0 saturated carbocycles. The molecule has 11 heteroatoms. The van der Waals surface area contributed by atoms with Gasteiger partial charge in [0.2, 0.25) is 5.95 Å². The van der Waals surface area contributed by atoms with Crippen LogP contribution in [0.5, 0.6) is 0 Å². The van der Waals surface area contributed by atoms with E-state index >= 15 is 0 Å². The summed E-state index contributed by atoms with van der Waals surface area (Å²) in [5.41, 5.74) is 8.88. The average molecular weight is 526 g/mol. The van der Waals surface area contributed by atoms with E-state index in [9.17, 15) is 18.5 Å². The van der Waals surface area contributed by atoms with Crippen LogP contribution in [-0.2, 0) is 10.0 Å². The highest BCUT2D eigenvalue weighted by atomic mass is 79.9. The predicted octanol–water partition coefficient (Wildman–Crippen LogP) is 4.86. The minimum absolute atomic E-state index is 0.0839. The molecule has 0 saturated heterocycles. The highest BCUT2D eigenvalue weighted by Crippen LogP contribution is 2.28. The minimum atomic E-state index is -3.91. The molecule has 0 spiro atoms. The van der Waals surface area contributed by atoms with Crippen molar-refractivity contribution in [2.24, 2.45) is 0 Å². The Morgan fingerprint density at radius 1 is 0.879 bits per heavy atom. The average Bonchev–Trinajstić information content (AvgIpc) is 2.79. The van der Waals surface area contributed by atoms with E-state index in [0.29, 0.717) is 17.1 Å². The van der Waals surface area contributed by atoms with Gasteiger partial charge in [-0.05, 0) is 42.5 Å². The number of sulfonamides is 1. The smallest absolute Gasteiger partial charge is 0.269 e. The van der Waals surface area contributed by atoms with Gasteiger partial charge in [0.1, 0.15) is 0 Å². The number of nitro groups is 1. The van der Waals surface area contributed by atoms with E-state index in [0.717, 1.165) is 27.7 Å². The first-order valence-corrected chi connectivity index (χ1v) is 11.8. The molecule has 0 fully saturated rings. The molecule has 0 aliphatic rings. The van der Waals surface area contributed by atoms with Crippen LogP contribution in [0.15, 0.2) is 88.2 Å². The molecule has 4 aromatic rings. The first kappa shape index (κ1) is 22.4. The first-order valence-electron chi connectivity index (χ1n) is 9.49. The van der Waals surface area contributed by atoms with Gasteiger partial charge in [0, 0.05) is 33.4 Å². The highest BCUT2D eigenvalue weighted by molar-refractivity contribution is 9.10. The normalized spacial score (nSPS) is 11.2. The van der Waals surface area contributed by atoms with Crippen molar-refractivity contribution in [3.63, 3.8) is 0 Å². The van der Waals surface area contributed by atoms with Gasteiger partial charge < -0.3 is 5.73 Å². The Kier molecular flexibility index (Phi) is 6.07. The molecule has 0 aliphatic carbocycles. The third-order valence-corrected chi connectivity index (χ3v) is 6.54. The fraction of sp³-hybridized carbons (Fsp3) is 0. The number of nitrogens with zero attached hydrogens (tertiary/aromatic N) is 3. The quantitative estimate of drug-likeness (QED) is 0.270. The molecule has 0 unspecified atom stereocenters. The predicted molar refractivity (Wildman–Crippen MR) is 129 cm³/mol. The first-order chi connectivity index (χ1) is 15.7. The lowest BCUT2D eigenvalue weighted by molar-refractivity contribution is -0.384. The van der Waals surface area contributed by atoms with Gasteiger partial charge >= 0.3 is 0 Å². The molecule has 0 radical (unpaired) electrons. The lowest BCUT2D eigenvalue weighted by atomic mass is 10.1. The number of hydrogen-bond acceptors (Lipinski definition) is 7. The Hall–Kier alpha value is -3.83. The second kappa shape index (κ2) is 8.96. The lowest BCUT2D eigenvalue weighted by Crippen LogP contribution is -2.12. The Balaban J connectivity index is 1.58. The highest BCUT2D eigenvalue weighted by Gasteiger charge is 2.16. The Bertz CT molecular complexity index is 1440. The number of halogens is 1. The monoisotopic (exact) mass is 525 g/mol. The van der Waals surface area contributed by atoms with E-state index in [1.54, 1.807) is 30.3 Å². The molecule has 166 valence electrons. The molecule has 1 aromatic heterocycles. The molecule has 0 amide bonds. The van der Waals surface area contributed by atoms with E-state index < -0.39 is 14.9 Å². The summed E-state index contributed by atoms with van der Waals surface area (Å²) >= 11 is 3.44. The Morgan fingerprint density at radius 3 is 2.12 bits per heavy atom. The maximum absolute atomic E-state index is 12.6. The van der Waals surface area contributed by atoms with Crippen LogP contribution in [0.1, 0.15) is 0 Å². The summed E-state index contributed by atoms with van der Waals surface area (Å²) in [7, 11) is -3.91. The van der Waals surface area contributed by atoms with E-state index in [1.807, 2.05) is 24.3 Å². The molecule has 0 aliphatic heterocycles. The number of hydrogen-bond donors (Lipinski definition) is 2. The number of aromatic nitrogens is 2. The molecule has 33 heavy (non-hydrogen) atoms. The third-order valence-electron chi connectivity index (χ3n) is 4.65. The van der Waals surface area contributed by atoms with Crippen molar-refractivity contribution >= 4 is 43.3 Å². The van der Waals surface area contributed by atoms with Crippen molar-refractivity contribution in [1.29, 1.82) is 0 Å². The number of anilines is 2. The van der Waals surface area contributed by atoms with Gasteiger partial charge in [0.05, 0.1) is 21.2 Å². The van der Waals surface area contributed by atoms with E-state index in [-0.39, 0.29) is 16.5 Å². The lowest BCUT2D eigenvalue weighted by Gasteiger charge is -2.10. The van der Waals surface area contributed by atoms with Gasteiger partial charge in [0.25, 0.3) is 15.7 Å². The summed E-state index contributed by atoms with van der Waals surface area (Å²) < 4.78 is 28.5. The zero-order chi connectivity index (χ0) is 23.6. The summed E-state index contributed by atoms with van der Waals surface area (Å²) in [6, 6.07) is 20.7. The summed E-state index contributed by atoms with van der Waals surface area (Å²) in [4.78, 5) is 18.7. The van der Waals surface area contributed by atoms with Gasteiger partial charge in [0.15, 0.2) is 0 Å². The van der Waals surface area contributed by atoms with Gasteiger partial charge in [-0.15, -0.1) is 0 Å². The number of benzene rings is 3. The van der Waals surface area contributed by atoms with Crippen molar-refractivity contribution in [3.8, 4) is 22.5 Å². The van der Waals surface area contributed by atoms with Crippen LogP contribution in [0.2, 0.25) is 0 Å². The molecule has 1 heterocycles. The van der Waals surface area contributed by atoms with Crippen molar-refractivity contribution in [3.05, 3.63) is 93.4 Å². The largest absolute Gasteiger partial charge is 0.368 e. The maximum atomic E-state index is 12.6. The van der Waals surface area contributed by atoms with Crippen LogP contribution < -0.4 is 10.5 Å². The summed E-state index contributed by atoms with van der Waals surface area (Å²) in [6.07, 6.45) is 0. The zero-order valence-electron chi connectivity index (χ0n) is 16.8. The number of nitrogens with one attached hydrogen (secondary N) is 1. The third kappa shape index (κ3) is 5.16. The number of non-ortho nitro benzene ring substituents is 1. The zero-order valence-corrected chi connectivity index (χ0v) is 19.2. The number of rotatable bonds is 6. The SMILES string of the molecule is Nc1nc(-c2ccc(NS(=O)(=O)c3ccc([N+](=O)[O-])cc3)cc2)cc(-c2cccc(Br)c2)n1. The molecule has 0 bridgehead atoms. The molecule has 3 aromatic carbocycles.